The number of nitrogens with two attached hydrogens (primary N) is 1. The molecule has 2 aromatic rings. The van der Waals surface area contributed by atoms with Crippen molar-refractivity contribution >= 4 is 17.4 Å². The zero-order chi connectivity index (χ0) is 13.3. The molecule has 0 saturated heterocycles. The largest absolute Gasteiger partial charge is 0.382 e. The van der Waals surface area contributed by atoms with Gasteiger partial charge >= 0.3 is 0 Å². The minimum atomic E-state index is 0.0901. The fourth-order valence-corrected chi connectivity index (χ4v) is 1.81. The van der Waals surface area contributed by atoms with Crippen molar-refractivity contribution in [2.24, 2.45) is 5.41 Å². The minimum absolute atomic E-state index is 0.0901. The molecule has 0 aromatic carbocycles. The predicted octanol–water partition coefficient (Wildman–Crippen LogP) is 2.49. The van der Waals surface area contributed by atoms with Gasteiger partial charge in [0.05, 0.1) is 5.69 Å². The number of hydrogen-bond donors (Lipinski definition) is 1. The lowest BCUT2D eigenvalue weighted by Crippen LogP contribution is -2.11. The van der Waals surface area contributed by atoms with E-state index in [0.29, 0.717) is 16.8 Å². The third kappa shape index (κ3) is 2.61. The molecule has 0 saturated carbocycles. The number of nitrogen functional groups attached to an aromatic ring is 1. The number of rotatable bonds is 2. The quantitative estimate of drug-likeness (QED) is 0.906. The van der Waals surface area contributed by atoms with Crippen molar-refractivity contribution in [1.82, 2.24) is 19.7 Å². The average Bonchev–Trinajstić information content (AvgIpc) is 2.57. The summed E-state index contributed by atoms with van der Waals surface area (Å²) in [7, 11) is 0. The third-order valence-corrected chi connectivity index (χ3v) is 2.78. The van der Waals surface area contributed by atoms with Crippen LogP contribution in [-0.2, 0) is 6.42 Å². The second kappa shape index (κ2) is 4.57. The fourth-order valence-electron chi connectivity index (χ4n) is 1.63. The van der Waals surface area contributed by atoms with Gasteiger partial charge in [-0.15, -0.1) is 0 Å². The predicted molar refractivity (Wildman–Crippen MR) is 71.7 cm³/mol. The molecule has 0 spiro atoms. The summed E-state index contributed by atoms with van der Waals surface area (Å²) in [5.74, 6) is 0.805. The zero-order valence-electron chi connectivity index (χ0n) is 10.7. The Morgan fingerprint density at radius 1 is 1.28 bits per heavy atom. The highest BCUT2D eigenvalue weighted by atomic mass is 35.5. The average molecular weight is 266 g/mol. The molecule has 0 amide bonds. The summed E-state index contributed by atoms with van der Waals surface area (Å²) in [5.41, 5.74) is 6.81. The molecule has 0 aliphatic carbocycles. The topological polar surface area (TPSA) is 69.6 Å². The maximum atomic E-state index is 6.21. The Balaban J connectivity index is 2.43. The highest BCUT2D eigenvalue weighted by Crippen LogP contribution is 2.30. The Hall–Kier alpha value is -1.62. The molecule has 5 nitrogen and oxygen atoms in total. The first kappa shape index (κ1) is 12.8. The molecule has 0 unspecified atom stereocenters. The van der Waals surface area contributed by atoms with Gasteiger partial charge in [0.1, 0.15) is 10.8 Å². The van der Waals surface area contributed by atoms with Crippen LogP contribution in [0, 0.1) is 5.41 Å². The van der Waals surface area contributed by atoms with Crippen LogP contribution in [0.3, 0.4) is 0 Å². The van der Waals surface area contributed by atoms with Crippen molar-refractivity contribution in [3.05, 3.63) is 29.2 Å². The minimum Gasteiger partial charge on any atom is -0.382 e. The molecule has 18 heavy (non-hydrogen) atoms. The monoisotopic (exact) mass is 265 g/mol. The van der Waals surface area contributed by atoms with E-state index in [0.717, 1.165) is 12.1 Å². The number of hydrogen-bond acceptors (Lipinski definition) is 4. The molecule has 0 atom stereocenters. The smallest absolute Gasteiger partial charge is 0.252 e. The standard InChI is InChI=1S/C12H16ClN5/c1-12(2,3)7-8-9(13)10(14)18(17-8)11-15-5-4-6-16-11/h4-6H,7,14H2,1-3H3. The molecular weight excluding hydrogens is 250 g/mol. The van der Waals surface area contributed by atoms with Crippen molar-refractivity contribution in [3.8, 4) is 5.95 Å². The first-order valence-corrected chi connectivity index (χ1v) is 6.06. The molecule has 0 aliphatic heterocycles. The first-order valence-electron chi connectivity index (χ1n) is 5.69. The molecule has 2 rings (SSSR count). The molecular formula is C12H16ClN5. The van der Waals surface area contributed by atoms with Crippen molar-refractivity contribution < 1.29 is 0 Å². The number of nitrogens with zero attached hydrogens (tertiary/aromatic N) is 4. The normalized spacial score (nSPS) is 11.8. The van der Waals surface area contributed by atoms with Crippen LogP contribution in [0.5, 0.6) is 0 Å². The SMILES string of the molecule is CC(C)(C)Cc1nn(-c2ncccn2)c(N)c1Cl. The molecule has 96 valence electrons. The van der Waals surface area contributed by atoms with E-state index in [1.165, 1.54) is 4.68 Å². The van der Waals surface area contributed by atoms with Gasteiger partial charge in [-0.25, -0.2) is 9.97 Å². The van der Waals surface area contributed by atoms with Crippen LogP contribution in [0.4, 0.5) is 5.82 Å². The molecule has 0 radical (unpaired) electrons. The van der Waals surface area contributed by atoms with Crippen LogP contribution in [-0.4, -0.2) is 19.7 Å². The van der Waals surface area contributed by atoms with Crippen molar-refractivity contribution in [1.29, 1.82) is 0 Å². The summed E-state index contributed by atoms with van der Waals surface area (Å²) in [6.45, 7) is 6.37. The summed E-state index contributed by atoms with van der Waals surface area (Å²) in [5, 5.41) is 4.88. The molecule has 0 bridgehead atoms. The first-order chi connectivity index (χ1) is 8.38. The Morgan fingerprint density at radius 2 is 1.89 bits per heavy atom. The lowest BCUT2D eigenvalue weighted by atomic mass is 9.91. The van der Waals surface area contributed by atoms with Crippen molar-refractivity contribution in [2.45, 2.75) is 27.2 Å². The molecule has 0 fully saturated rings. The highest BCUT2D eigenvalue weighted by Gasteiger charge is 2.21. The van der Waals surface area contributed by atoms with E-state index in [-0.39, 0.29) is 5.41 Å². The van der Waals surface area contributed by atoms with Gasteiger partial charge in [0.2, 0.25) is 0 Å². The second-order valence-corrected chi connectivity index (χ2v) is 5.72. The zero-order valence-corrected chi connectivity index (χ0v) is 11.4. The Morgan fingerprint density at radius 3 is 2.44 bits per heavy atom. The lowest BCUT2D eigenvalue weighted by Gasteiger charge is -2.16. The van der Waals surface area contributed by atoms with Gasteiger partial charge in [0.15, 0.2) is 0 Å². The molecule has 6 heteroatoms. The van der Waals surface area contributed by atoms with E-state index in [2.05, 4.69) is 35.8 Å². The van der Waals surface area contributed by atoms with Crippen LogP contribution in [0.15, 0.2) is 18.5 Å². The number of anilines is 1. The summed E-state index contributed by atoms with van der Waals surface area (Å²) in [6, 6.07) is 1.74. The van der Waals surface area contributed by atoms with Crippen molar-refractivity contribution in [3.63, 3.8) is 0 Å². The Labute approximate surface area is 111 Å². The van der Waals surface area contributed by atoms with Gasteiger partial charge in [-0.2, -0.15) is 9.78 Å². The van der Waals surface area contributed by atoms with Crippen LogP contribution < -0.4 is 5.73 Å². The molecule has 0 aliphatic rings. The lowest BCUT2D eigenvalue weighted by molar-refractivity contribution is 0.405. The van der Waals surface area contributed by atoms with Gasteiger partial charge in [-0.1, -0.05) is 32.4 Å². The van der Waals surface area contributed by atoms with E-state index in [9.17, 15) is 0 Å². The van der Waals surface area contributed by atoms with E-state index < -0.39 is 0 Å². The summed E-state index contributed by atoms with van der Waals surface area (Å²) >= 11 is 6.21. The summed E-state index contributed by atoms with van der Waals surface area (Å²) < 4.78 is 1.48. The van der Waals surface area contributed by atoms with Gasteiger partial charge in [-0.3, -0.25) is 0 Å². The van der Waals surface area contributed by atoms with Crippen LogP contribution in [0.25, 0.3) is 5.95 Å². The van der Waals surface area contributed by atoms with Crippen LogP contribution in [0.1, 0.15) is 26.5 Å². The Kier molecular flexibility index (Phi) is 3.26. The fraction of sp³-hybridized carbons (Fsp3) is 0.417. The van der Waals surface area contributed by atoms with Gasteiger partial charge < -0.3 is 5.73 Å². The third-order valence-electron chi connectivity index (χ3n) is 2.37. The molecule has 2 N–H and O–H groups in total. The van der Waals surface area contributed by atoms with Crippen LogP contribution in [0.2, 0.25) is 5.02 Å². The van der Waals surface area contributed by atoms with Crippen LogP contribution >= 0.6 is 11.6 Å². The Bertz CT molecular complexity index is 542. The van der Waals surface area contributed by atoms with E-state index >= 15 is 0 Å². The van der Waals surface area contributed by atoms with E-state index in [1.807, 2.05) is 0 Å². The maximum absolute atomic E-state index is 6.21. The summed E-state index contributed by atoms with van der Waals surface area (Å²) in [4.78, 5) is 8.22. The van der Waals surface area contributed by atoms with Gasteiger partial charge in [-0.05, 0) is 17.9 Å². The van der Waals surface area contributed by atoms with Crippen molar-refractivity contribution in [2.75, 3.05) is 5.73 Å². The van der Waals surface area contributed by atoms with E-state index in [1.54, 1.807) is 18.5 Å². The second-order valence-electron chi connectivity index (χ2n) is 5.34. The summed E-state index contributed by atoms with van der Waals surface area (Å²) in [6.07, 6.45) is 4.03. The maximum Gasteiger partial charge on any atom is 0.252 e. The number of halogens is 1. The number of aromatic nitrogens is 4. The highest BCUT2D eigenvalue weighted by molar-refractivity contribution is 6.33. The van der Waals surface area contributed by atoms with Gasteiger partial charge in [0, 0.05) is 12.4 Å². The molecule has 2 heterocycles. The molecule has 2 aromatic heterocycles. The van der Waals surface area contributed by atoms with E-state index in [4.69, 9.17) is 17.3 Å². The van der Waals surface area contributed by atoms with Gasteiger partial charge in [0.25, 0.3) is 5.95 Å².